The lowest BCUT2D eigenvalue weighted by atomic mass is 9.73. The molecule has 0 fully saturated rings. The van der Waals surface area contributed by atoms with Crippen molar-refractivity contribution < 1.29 is 19.3 Å². The molecule has 0 aliphatic carbocycles. The monoisotopic (exact) mass is 518 g/mol. The zero-order valence-electron chi connectivity index (χ0n) is 22.0. The Bertz CT molecular complexity index is 1280. The highest BCUT2D eigenvalue weighted by Gasteiger charge is 2.28. The number of ether oxygens (including phenoxy) is 3. The summed E-state index contributed by atoms with van der Waals surface area (Å²) in [7, 11) is 0. The third kappa shape index (κ3) is 7.20. The van der Waals surface area contributed by atoms with Gasteiger partial charge in [-0.1, -0.05) is 86.5 Å². The molecule has 0 aliphatic rings. The number of hydrogen-bond donors (Lipinski definition) is 1. The number of hydrogen-bond acceptors (Lipinski definition) is 4. The van der Waals surface area contributed by atoms with E-state index in [2.05, 4.69) is 56.1 Å². The molecule has 0 radical (unpaired) electrons. The maximum atomic E-state index is 10.0. The van der Waals surface area contributed by atoms with Crippen LogP contribution < -0.4 is 14.2 Å². The number of aromatic hydroxyl groups is 1. The first-order valence-corrected chi connectivity index (χ1v) is 12.9. The van der Waals surface area contributed by atoms with Crippen molar-refractivity contribution in [3.8, 4) is 23.0 Å². The molecule has 39 heavy (non-hydrogen) atoms. The summed E-state index contributed by atoms with van der Waals surface area (Å²) < 4.78 is 17.2. The normalized spacial score (nSPS) is 11.4. The van der Waals surface area contributed by atoms with Crippen molar-refractivity contribution in [3.63, 3.8) is 0 Å². The predicted octanol–water partition coefficient (Wildman–Crippen LogP) is 8.05. The lowest BCUT2D eigenvalue weighted by molar-refractivity contribution is 0.362. The van der Waals surface area contributed by atoms with Gasteiger partial charge in [0.15, 0.2) is 0 Å². The second-order valence-corrected chi connectivity index (χ2v) is 9.05. The van der Waals surface area contributed by atoms with Gasteiger partial charge in [0.25, 0.3) is 0 Å². The largest absolute Gasteiger partial charge is 0.508 e. The Balaban J connectivity index is 1.82. The molecule has 1 atom stereocenters. The molecule has 0 saturated carbocycles. The first-order valence-electron chi connectivity index (χ1n) is 12.9. The summed E-state index contributed by atoms with van der Waals surface area (Å²) in [4.78, 5) is 0. The van der Waals surface area contributed by atoms with Gasteiger partial charge in [-0.3, -0.25) is 0 Å². The summed E-state index contributed by atoms with van der Waals surface area (Å²) in [6.45, 7) is 12.5. The lowest BCUT2D eigenvalue weighted by Gasteiger charge is -2.30. The summed E-state index contributed by atoms with van der Waals surface area (Å²) in [5, 5.41) is 10.0. The van der Waals surface area contributed by atoms with Crippen molar-refractivity contribution >= 4 is 0 Å². The Morgan fingerprint density at radius 2 is 0.718 bits per heavy atom. The summed E-state index contributed by atoms with van der Waals surface area (Å²) in [5.74, 6) is 2.49. The molecule has 4 heteroatoms. The molecular weight excluding hydrogens is 484 g/mol. The highest BCUT2D eigenvalue weighted by atomic mass is 16.5. The van der Waals surface area contributed by atoms with Crippen molar-refractivity contribution in [3.05, 3.63) is 157 Å². The molecule has 0 bridgehead atoms. The summed E-state index contributed by atoms with van der Waals surface area (Å²) >= 11 is 0. The Morgan fingerprint density at radius 3 is 0.974 bits per heavy atom. The minimum atomic E-state index is -0.0565. The number of phenolic OH excluding ortho intramolecular Hbond substituents is 1. The molecule has 0 amide bonds. The quantitative estimate of drug-likeness (QED) is 0.172. The molecule has 4 nitrogen and oxygen atoms in total. The van der Waals surface area contributed by atoms with Crippen LogP contribution >= 0.6 is 0 Å². The average molecular weight is 519 g/mol. The fourth-order valence-electron chi connectivity index (χ4n) is 4.62. The molecular formula is C35H34O4. The molecule has 0 saturated heterocycles. The van der Waals surface area contributed by atoms with E-state index in [4.69, 9.17) is 14.2 Å². The topological polar surface area (TPSA) is 47.9 Å². The highest BCUT2D eigenvalue weighted by molar-refractivity contribution is 5.48. The SMILES string of the molecule is C=CCOc1ccc(C(c2ccc(O)cc2)C(c2ccc(OCC=C)cc2)c2ccc(OCC=C)cc2)cc1. The molecule has 198 valence electrons. The lowest BCUT2D eigenvalue weighted by Crippen LogP contribution is -2.15. The summed E-state index contributed by atoms with van der Waals surface area (Å²) in [5.41, 5.74) is 4.46. The van der Waals surface area contributed by atoms with Crippen molar-refractivity contribution in [1.82, 2.24) is 0 Å². The van der Waals surface area contributed by atoms with Gasteiger partial charge in [0.1, 0.15) is 42.8 Å². The van der Waals surface area contributed by atoms with Crippen LogP contribution in [0, 0.1) is 0 Å². The summed E-state index contributed by atoms with van der Waals surface area (Å²) in [6.07, 6.45) is 5.19. The van der Waals surface area contributed by atoms with Crippen LogP contribution in [0.4, 0.5) is 0 Å². The Labute approximate surface area is 231 Å². The van der Waals surface area contributed by atoms with Crippen molar-refractivity contribution in [2.45, 2.75) is 11.8 Å². The molecule has 0 heterocycles. The van der Waals surface area contributed by atoms with Crippen LogP contribution in [0.15, 0.2) is 135 Å². The van der Waals surface area contributed by atoms with Crippen LogP contribution in [0.1, 0.15) is 34.1 Å². The Morgan fingerprint density at radius 1 is 0.462 bits per heavy atom. The zero-order chi connectivity index (χ0) is 27.5. The van der Waals surface area contributed by atoms with Gasteiger partial charge in [0, 0.05) is 11.8 Å². The third-order valence-electron chi connectivity index (χ3n) is 6.41. The van der Waals surface area contributed by atoms with E-state index in [1.807, 2.05) is 48.5 Å². The van der Waals surface area contributed by atoms with Crippen LogP contribution in [0.25, 0.3) is 0 Å². The average Bonchev–Trinajstić information content (AvgIpc) is 2.98. The zero-order valence-corrected chi connectivity index (χ0v) is 22.0. The van der Waals surface area contributed by atoms with E-state index < -0.39 is 0 Å². The molecule has 0 aliphatic heterocycles. The van der Waals surface area contributed by atoms with Crippen LogP contribution in [-0.2, 0) is 0 Å². The minimum absolute atomic E-state index is 0.0450. The van der Waals surface area contributed by atoms with Crippen LogP contribution in [0.5, 0.6) is 23.0 Å². The van der Waals surface area contributed by atoms with E-state index in [0.717, 1.165) is 39.5 Å². The van der Waals surface area contributed by atoms with E-state index in [0.29, 0.717) is 19.8 Å². The second-order valence-electron chi connectivity index (χ2n) is 9.05. The third-order valence-corrected chi connectivity index (χ3v) is 6.41. The van der Waals surface area contributed by atoms with Crippen molar-refractivity contribution in [2.24, 2.45) is 0 Å². The van der Waals surface area contributed by atoms with Gasteiger partial charge < -0.3 is 19.3 Å². The van der Waals surface area contributed by atoms with Gasteiger partial charge in [-0.15, -0.1) is 0 Å². The molecule has 4 aromatic rings. The molecule has 0 aromatic heterocycles. The predicted molar refractivity (Wildman–Crippen MR) is 158 cm³/mol. The first-order chi connectivity index (χ1) is 19.1. The number of benzene rings is 4. The minimum Gasteiger partial charge on any atom is -0.508 e. The smallest absolute Gasteiger partial charge is 0.119 e. The second kappa shape index (κ2) is 13.7. The van der Waals surface area contributed by atoms with Gasteiger partial charge in [-0.2, -0.15) is 0 Å². The maximum Gasteiger partial charge on any atom is 0.119 e. The fraction of sp³-hybridized carbons (Fsp3) is 0.143. The van der Waals surface area contributed by atoms with Crippen LogP contribution in [-0.4, -0.2) is 24.9 Å². The van der Waals surface area contributed by atoms with Crippen molar-refractivity contribution in [1.29, 1.82) is 0 Å². The van der Waals surface area contributed by atoms with Crippen LogP contribution in [0.2, 0.25) is 0 Å². The number of phenols is 1. The first kappa shape index (κ1) is 27.3. The van der Waals surface area contributed by atoms with Gasteiger partial charge >= 0.3 is 0 Å². The fourth-order valence-corrected chi connectivity index (χ4v) is 4.62. The highest BCUT2D eigenvalue weighted by Crippen LogP contribution is 2.44. The standard InChI is InChI=1S/C35H34O4/c1-4-23-37-31-17-9-27(10-18-31)34(26-7-15-30(36)16-8-26)35(28-11-19-32(20-12-28)38-24-5-2)29-13-21-33(22-14-29)39-25-6-3/h4-22,34-36H,1-3,23-25H2. The molecule has 1 unspecified atom stereocenters. The summed E-state index contributed by atoms with van der Waals surface area (Å²) in [6, 6.07) is 32.0. The Hall–Kier alpha value is -4.70. The van der Waals surface area contributed by atoms with E-state index in [9.17, 15) is 5.11 Å². The van der Waals surface area contributed by atoms with E-state index in [-0.39, 0.29) is 17.6 Å². The van der Waals surface area contributed by atoms with E-state index >= 15 is 0 Å². The van der Waals surface area contributed by atoms with E-state index in [1.165, 1.54) is 0 Å². The van der Waals surface area contributed by atoms with Crippen molar-refractivity contribution in [2.75, 3.05) is 19.8 Å². The molecule has 4 rings (SSSR count). The van der Waals surface area contributed by atoms with Gasteiger partial charge in [0.2, 0.25) is 0 Å². The van der Waals surface area contributed by atoms with Gasteiger partial charge in [-0.25, -0.2) is 0 Å². The Kier molecular flexibility index (Phi) is 9.63. The molecule has 4 aromatic carbocycles. The molecule has 0 spiro atoms. The number of rotatable bonds is 14. The van der Waals surface area contributed by atoms with Gasteiger partial charge in [-0.05, 0) is 70.8 Å². The van der Waals surface area contributed by atoms with Gasteiger partial charge in [0.05, 0.1) is 0 Å². The maximum absolute atomic E-state index is 10.0. The van der Waals surface area contributed by atoms with Crippen LogP contribution in [0.3, 0.4) is 0 Å². The molecule has 1 N–H and O–H groups in total. The van der Waals surface area contributed by atoms with E-state index in [1.54, 1.807) is 30.4 Å².